The van der Waals surface area contributed by atoms with Gasteiger partial charge in [-0.15, -0.1) is 11.3 Å². The fourth-order valence-electron chi connectivity index (χ4n) is 13.2. The van der Waals surface area contributed by atoms with Crippen LogP contribution in [0.4, 0.5) is 15.3 Å². The molecule has 1 aromatic heterocycles. The van der Waals surface area contributed by atoms with Crippen LogP contribution < -0.4 is 43.0 Å². The largest absolute Gasteiger partial charge is 0.445 e. The maximum absolute atomic E-state index is 14.9. The minimum absolute atomic E-state index is 0.00154. The number of aromatic nitrogens is 1. The Morgan fingerprint density at radius 1 is 0.658 bits per heavy atom. The summed E-state index contributed by atoms with van der Waals surface area (Å²) in [6.45, 7) is 18.8. The van der Waals surface area contributed by atoms with Gasteiger partial charge in [0, 0.05) is 96.8 Å². The number of nitrogens with zero attached hydrogens (tertiary/aromatic N) is 5. The summed E-state index contributed by atoms with van der Waals surface area (Å²) in [6, 6.07) is 9.74. The molecule has 0 aliphatic carbocycles. The number of ether oxygens (including phenoxy) is 7. The molecule has 111 heavy (non-hydrogen) atoms. The number of hydrogen-bond acceptors (Lipinski definition) is 21. The molecule has 616 valence electrons. The van der Waals surface area contributed by atoms with E-state index in [-0.39, 0.29) is 134 Å². The third-order valence-corrected chi connectivity index (χ3v) is 20.4. The van der Waals surface area contributed by atoms with E-state index in [4.69, 9.17) is 38.9 Å². The van der Waals surface area contributed by atoms with Crippen LogP contribution in [0.5, 0.6) is 0 Å². The third kappa shape index (κ3) is 30.6. The van der Waals surface area contributed by atoms with Gasteiger partial charge in [-0.05, 0) is 79.0 Å². The molecule has 13 amide bonds. The number of benzene rings is 2. The lowest BCUT2D eigenvalue weighted by atomic mass is 9.89. The van der Waals surface area contributed by atoms with Crippen LogP contribution in [-0.4, -0.2) is 252 Å². The van der Waals surface area contributed by atoms with E-state index in [1.165, 1.54) is 30.4 Å². The Hall–Kier alpha value is -8.99. The first-order chi connectivity index (χ1) is 53.0. The van der Waals surface area contributed by atoms with Gasteiger partial charge in [-0.2, -0.15) is 0 Å². The summed E-state index contributed by atoms with van der Waals surface area (Å²) in [7, 11) is 6.15. The second-order valence-electron chi connectivity index (χ2n) is 28.7. The molecule has 0 radical (unpaired) electrons. The normalized spacial score (nSPS) is 16.2. The Morgan fingerprint density at radius 2 is 1.29 bits per heavy atom. The van der Waals surface area contributed by atoms with Crippen molar-refractivity contribution in [3.63, 3.8) is 0 Å². The quantitative estimate of drug-likeness (QED) is 0.0278. The predicted octanol–water partition coefficient (Wildman–Crippen LogP) is 4.80. The molecule has 11 atom stereocenters. The predicted molar refractivity (Wildman–Crippen MR) is 415 cm³/mol. The van der Waals surface area contributed by atoms with Crippen LogP contribution in [0.15, 0.2) is 78.3 Å². The van der Waals surface area contributed by atoms with E-state index in [0.717, 1.165) is 27.6 Å². The summed E-state index contributed by atoms with van der Waals surface area (Å²) < 4.78 is 40.0. The molecule has 3 heterocycles. The van der Waals surface area contributed by atoms with Crippen LogP contribution in [-0.2, 0) is 94.1 Å². The molecule has 1 saturated heterocycles. The fraction of sp³-hybridized carbons (Fsp3) is 0.628. The topological polar surface area (TPSA) is 406 Å². The molecule has 3 aromatic rings. The molecular weight excluding hydrogens is 1450 g/mol. The average Bonchev–Trinajstić information content (AvgIpc) is 1.44. The number of imide groups is 1. The van der Waals surface area contributed by atoms with Gasteiger partial charge in [-0.3, -0.25) is 57.7 Å². The van der Waals surface area contributed by atoms with Gasteiger partial charge < -0.3 is 85.9 Å². The first-order valence-electron chi connectivity index (χ1n) is 38.2. The average molecular weight is 1570 g/mol. The van der Waals surface area contributed by atoms with Crippen LogP contribution in [0.25, 0.3) is 0 Å². The summed E-state index contributed by atoms with van der Waals surface area (Å²) in [4.78, 5) is 170. The zero-order valence-corrected chi connectivity index (χ0v) is 67.4. The van der Waals surface area contributed by atoms with Gasteiger partial charge in [-0.1, -0.05) is 111 Å². The van der Waals surface area contributed by atoms with E-state index in [1.54, 1.807) is 96.0 Å². The van der Waals surface area contributed by atoms with E-state index >= 15 is 0 Å². The van der Waals surface area contributed by atoms with E-state index < -0.39 is 126 Å². The molecule has 1 fully saturated rings. The number of anilines is 1. The number of amides is 13. The number of methoxy groups -OCH3 is 2. The number of urea groups is 1. The maximum Gasteiger partial charge on any atom is 0.410 e. The number of nitrogens with one attached hydrogen (secondary N) is 7. The summed E-state index contributed by atoms with van der Waals surface area (Å²) in [5.74, 6) is -6.44. The number of carbonyl (C=O) groups excluding carboxylic acids is 12. The molecule has 33 heteroatoms. The molecule has 0 saturated carbocycles. The lowest BCUT2D eigenvalue weighted by Gasteiger charge is -2.41. The number of carbonyl (C=O) groups is 12. The lowest BCUT2D eigenvalue weighted by Crippen LogP contribution is -2.60. The van der Waals surface area contributed by atoms with Gasteiger partial charge in [0.05, 0.1) is 95.5 Å². The van der Waals surface area contributed by atoms with Gasteiger partial charge in [0.2, 0.25) is 47.3 Å². The van der Waals surface area contributed by atoms with Crippen LogP contribution in [0.3, 0.4) is 0 Å². The SMILES string of the molecule is CC[C@H](C)[C@@H]([C@@H](CC(=O)N1CCC[C@H]1[C@H](OC)[C@@H](C)C(=O)N[C@@H](Cc1ccccc1)c1nccs1)OC)N(C)C(=O)[C@@H](NC(=O)[C@H](C(C)C)N(C)C(=O)OCc1ccc(NC(=O)C(CCCNC(N)=O)NC(=O)[C@@H](NC(=O)CCOCCOCCOCCOCCNC(=O)CCN2C(=O)C=CC2=O)C(C)C)cc1)C(C)C. The van der Waals surface area contributed by atoms with Crippen LogP contribution in [0, 0.1) is 29.6 Å². The number of rotatable bonds is 51. The zero-order chi connectivity index (χ0) is 81.7. The van der Waals surface area contributed by atoms with Crippen molar-refractivity contribution in [2.45, 2.75) is 181 Å². The van der Waals surface area contributed by atoms with Crippen LogP contribution >= 0.6 is 11.3 Å². The number of primary amides is 1. The molecule has 0 spiro atoms. The van der Waals surface area contributed by atoms with E-state index in [2.05, 4.69) is 42.2 Å². The van der Waals surface area contributed by atoms with Crippen molar-refractivity contribution in [2.24, 2.45) is 35.3 Å². The minimum Gasteiger partial charge on any atom is -0.445 e. The van der Waals surface area contributed by atoms with Crippen molar-refractivity contribution in [1.82, 2.24) is 56.5 Å². The van der Waals surface area contributed by atoms with Crippen molar-refractivity contribution in [2.75, 3.05) is 113 Å². The minimum atomic E-state index is -1.13. The van der Waals surface area contributed by atoms with E-state index in [1.807, 2.05) is 56.5 Å². The van der Waals surface area contributed by atoms with Crippen molar-refractivity contribution >= 4 is 88.2 Å². The summed E-state index contributed by atoms with van der Waals surface area (Å²) in [5, 5.41) is 22.3. The molecule has 2 aromatic carbocycles. The second-order valence-corrected chi connectivity index (χ2v) is 29.7. The maximum atomic E-state index is 14.9. The summed E-state index contributed by atoms with van der Waals surface area (Å²) in [5.41, 5.74) is 7.17. The van der Waals surface area contributed by atoms with Crippen LogP contribution in [0.2, 0.25) is 0 Å². The smallest absolute Gasteiger partial charge is 0.410 e. The van der Waals surface area contributed by atoms with Crippen molar-refractivity contribution in [3.8, 4) is 0 Å². The van der Waals surface area contributed by atoms with E-state index in [9.17, 15) is 57.5 Å². The standard InChI is InChI=1S/C78H119N13O19S/c1-14-52(8)69(60(104-12)47-65(96)90-35-19-23-59(90)70(105-13)53(9)71(97)85-58(75-81-34-45-111-75)46-54-20-16-15-17-21-54)88(10)76(101)67(50(4)5)87-74(100)68(51(6)7)89(11)78(103)110-48-55-24-26-56(27-25-55)83-72(98)57(22-18-32-82-77(79)102)84-73(99)66(49(2)3)86-62(93)31-37-106-39-41-108-43-44-109-42-40-107-38-33-80-61(92)30-36-91-63(94)28-29-64(91)95/h15-17,20-21,24-29,34,45,49-53,57-60,66-70H,14,18-19,22-23,30-33,35-44,46-48H2,1-13H3,(H,80,92)(H,83,98)(H,84,99)(H,85,97)(H,86,93)(H,87,100)(H3,79,82,102)/t52-,53+,57?,58-,59-,60+,66-,67-,68-,69-,70+/m0/s1. The fourth-order valence-corrected chi connectivity index (χ4v) is 13.9. The second kappa shape index (κ2) is 48.7. The van der Waals surface area contributed by atoms with Crippen molar-refractivity contribution in [1.29, 1.82) is 0 Å². The highest BCUT2D eigenvalue weighted by atomic mass is 32.1. The van der Waals surface area contributed by atoms with Gasteiger partial charge >= 0.3 is 12.1 Å². The highest BCUT2D eigenvalue weighted by molar-refractivity contribution is 7.09. The first kappa shape index (κ1) is 92.6. The van der Waals surface area contributed by atoms with E-state index in [0.29, 0.717) is 50.1 Å². The first-order valence-corrected chi connectivity index (χ1v) is 39.1. The molecular formula is C78H119N13O19S. The van der Waals surface area contributed by atoms with Gasteiger partial charge in [0.15, 0.2) is 0 Å². The Labute approximate surface area is 656 Å². The van der Waals surface area contributed by atoms with Gasteiger partial charge in [0.1, 0.15) is 35.8 Å². The molecule has 9 N–H and O–H groups in total. The number of likely N-dealkylation sites (N-methyl/N-ethyl adjacent to an activating group) is 2. The van der Waals surface area contributed by atoms with Crippen LogP contribution in [0.1, 0.15) is 136 Å². The lowest BCUT2D eigenvalue weighted by molar-refractivity contribution is -0.148. The Kier molecular flexibility index (Phi) is 40.6. The van der Waals surface area contributed by atoms with Crippen molar-refractivity contribution < 1.29 is 90.7 Å². The molecule has 5 rings (SSSR count). The van der Waals surface area contributed by atoms with Gasteiger partial charge in [-0.25, -0.2) is 14.6 Å². The Bertz CT molecular complexity index is 3460. The molecule has 32 nitrogen and oxygen atoms in total. The molecule has 0 bridgehead atoms. The Morgan fingerprint density at radius 3 is 1.86 bits per heavy atom. The number of nitrogens with two attached hydrogens (primary N) is 1. The molecule has 1 unspecified atom stereocenters. The zero-order valence-electron chi connectivity index (χ0n) is 66.6. The van der Waals surface area contributed by atoms with Gasteiger partial charge in [0.25, 0.3) is 11.8 Å². The highest BCUT2D eigenvalue weighted by Crippen LogP contribution is 2.31. The number of thiazole rings is 1. The monoisotopic (exact) mass is 1570 g/mol. The number of likely N-dealkylation sites (tertiary alicyclic amines) is 1. The molecule has 2 aliphatic rings. The summed E-state index contributed by atoms with van der Waals surface area (Å²) in [6.07, 6.45) is 4.41. The Balaban J connectivity index is 1.08. The van der Waals surface area contributed by atoms with Crippen molar-refractivity contribution in [3.05, 3.63) is 94.5 Å². The molecule has 2 aliphatic heterocycles. The third-order valence-electron chi connectivity index (χ3n) is 19.5. The summed E-state index contributed by atoms with van der Waals surface area (Å²) >= 11 is 1.47. The highest BCUT2D eigenvalue weighted by Gasteiger charge is 2.44. The number of hydrogen-bond donors (Lipinski definition) is 8.